The fourth-order valence-corrected chi connectivity index (χ4v) is 1.64. The molecular formula is C14H18N4O. The van der Waals surface area contributed by atoms with Crippen molar-refractivity contribution < 1.29 is 4.79 Å². The number of carbonyl (C=O) groups is 1. The number of urea groups is 1. The van der Waals surface area contributed by atoms with Gasteiger partial charge in [0.05, 0.1) is 5.69 Å². The third-order valence-corrected chi connectivity index (χ3v) is 2.86. The van der Waals surface area contributed by atoms with Gasteiger partial charge in [-0.05, 0) is 37.6 Å². The largest absolute Gasteiger partial charge is 0.335 e. The second-order valence-corrected chi connectivity index (χ2v) is 4.41. The summed E-state index contributed by atoms with van der Waals surface area (Å²) in [6, 6.07) is 9.38. The second kappa shape index (κ2) is 6.04. The summed E-state index contributed by atoms with van der Waals surface area (Å²) in [5.41, 5.74) is 1.65. The molecule has 0 aliphatic heterocycles. The summed E-state index contributed by atoms with van der Waals surface area (Å²) in [4.78, 5) is 11.7. The normalized spacial score (nSPS) is 11.9. The molecule has 0 spiro atoms. The molecule has 0 bridgehead atoms. The first kappa shape index (κ1) is 13.1. The minimum atomic E-state index is -0.188. The number of rotatable bonds is 4. The first-order chi connectivity index (χ1) is 9.19. The van der Waals surface area contributed by atoms with E-state index in [2.05, 4.69) is 15.7 Å². The fraction of sp³-hybridized carbons (Fsp3) is 0.286. The monoisotopic (exact) mass is 258 g/mol. The molecule has 1 unspecified atom stereocenters. The predicted octanol–water partition coefficient (Wildman–Crippen LogP) is 2.79. The zero-order valence-corrected chi connectivity index (χ0v) is 11.1. The average Bonchev–Trinajstić information content (AvgIpc) is 2.92. The molecule has 0 aliphatic carbocycles. The van der Waals surface area contributed by atoms with Crippen LogP contribution in [0.2, 0.25) is 0 Å². The smallest absolute Gasteiger partial charge is 0.319 e. The SMILES string of the molecule is CCC(C)NC(=O)Nc1cccc(-n2cccn2)c1. The summed E-state index contributed by atoms with van der Waals surface area (Å²) in [6.45, 7) is 4.00. The standard InChI is InChI=1S/C14H18N4O/c1-3-11(2)16-14(19)17-12-6-4-7-13(10-12)18-9-5-8-15-18/h4-11H,3H2,1-2H3,(H2,16,17,19). The van der Waals surface area contributed by atoms with Gasteiger partial charge in [-0.2, -0.15) is 5.10 Å². The van der Waals surface area contributed by atoms with Crippen LogP contribution in [0.15, 0.2) is 42.7 Å². The molecule has 0 aliphatic rings. The van der Waals surface area contributed by atoms with Crippen LogP contribution in [0.25, 0.3) is 5.69 Å². The Morgan fingerprint density at radius 3 is 2.95 bits per heavy atom. The number of nitrogens with one attached hydrogen (secondary N) is 2. The highest BCUT2D eigenvalue weighted by Crippen LogP contribution is 2.13. The van der Waals surface area contributed by atoms with Gasteiger partial charge in [-0.25, -0.2) is 9.48 Å². The third-order valence-electron chi connectivity index (χ3n) is 2.86. The van der Waals surface area contributed by atoms with Gasteiger partial charge in [-0.15, -0.1) is 0 Å². The molecule has 5 heteroatoms. The maximum Gasteiger partial charge on any atom is 0.319 e. The lowest BCUT2D eigenvalue weighted by Gasteiger charge is -2.13. The fourth-order valence-electron chi connectivity index (χ4n) is 1.64. The van der Waals surface area contributed by atoms with Crippen molar-refractivity contribution in [2.24, 2.45) is 0 Å². The highest BCUT2D eigenvalue weighted by molar-refractivity contribution is 5.89. The lowest BCUT2D eigenvalue weighted by atomic mass is 10.2. The van der Waals surface area contributed by atoms with E-state index in [0.717, 1.165) is 17.8 Å². The predicted molar refractivity (Wildman–Crippen MR) is 75.5 cm³/mol. The van der Waals surface area contributed by atoms with Crippen LogP contribution in [0, 0.1) is 0 Å². The van der Waals surface area contributed by atoms with Crippen molar-refractivity contribution in [3.05, 3.63) is 42.7 Å². The second-order valence-electron chi connectivity index (χ2n) is 4.41. The Labute approximate surface area is 112 Å². The van der Waals surface area contributed by atoms with Gasteiger partial charge in [0.25, 0.3) is 0 Å². The van der Waals surface area contributed by atoms with Crippen LogP contribution in [0.5, 0.6) is 0 Å². The minimum Gasteiger partial charge on any atom is -0.335 e. The number of amides is 2. The van der Waals surface area contributed by atoms with E-state index in [1.807, 2.05) is 50.4 Å². The van der Waals surface area contributed by atoms with Gasteiger partial charge in [0.1, 0.15) is 0 Å². The zero-order valence-electron chi connectivity index (χ0n) is 11.1. The van der Waals surface area contributed by atoms with Crippen molar-refractivity contribution in [2.45, 2.75) is 26.3 Å². The van der Waals surface area contributed by atoms with Gasteiger partial charge < -0.3 is 10.6 Å². The molecule has 100 valence electrons. The molecule has 0 saturated carbocycles. The molecule has 19 heavy (non-hydrogen) atoms. The summed E-state index contributed by atoms with van der Waals surface area (Å²) in [7, 11) is 0. The van der Waals surface area contributed by atoms with Crippen LogP contribution in [0.4, 0.5) is 10.5 Å². The maximum absolute atomic E-state index is 11.7. The number of hydrogen-bond donors (Lipinski definition) is 2. The van der Waals surface area contributed by atoms with Gasteiger partial charge in [0.2, 0.25) is 0 Å². The minimum absolute atomic E-state index is 0.161. The average molecular weight is 258 g/mol. The Bertz CT molecular complexity index is 536. The number of anilines is 1. The van der Waals surface area contributed by atoms with Crippen molar-refractivity contribution in [1.82, 2.24) is 15.1 Å². The molecule has 0 radical (unpaired) electrons. The van der Waals surface area contributed by atoms with Crippen molar-refractivity contribution >= 4 is 11.7 Å². The molecule has 1 aromatic heterocycles. The Hall–Kier alpha value is -2.30. The summed E-state index contributed by atoms with van der Waals surface area (Å²) in [5.74, 6) is 0. The molecular weight excluding hydrogens is 240 g/mol. The Morgan fingerprint density at radius 2 is 2.26 bits per heavy atom. The third kappa shape index (κ3) is 3.58. The molecule has 1 aromatic carbocycles. The first-order valence-electron chi connectivity index (χ1n) is 6.36. The van der Waals surface area contributed by atoms with Gasteiger partial charge in [0.15, 0.2) is 0 Å². The van der Waals surface area contributed by atoms with E-state index in [4.69, 9.17) is 0 Å². The lowest BCUT2D eigenvalue weighted by molar-refractivity contribution is 0.249. The molecule has 2 amide bonds. The van der Waals surface area contributed by atoms with Gasteiger partial charge >= 0.3 is 6.03 Å². The number of aromatic nitrogens is 2. The lowest BCUT2D eigenvalue weighted by Crippen LogP contribution is -2.35. The highest BCUT2D eigenvalue weighted by atomic mass is 16.2. The molecule has 2 rings (SSSR count). The summed E-state index contributed by atoms with van der Waals surface area (Å²) in [5, 5.41) is 9.83. The molecule has 1 atom stereocenters. The first-order valence-corrected chi connectivity index (χ1v) is 6.36. The number of hydrogen-bond acceptors (Lipinski definition) is 2. The maximum atomic E-state index is 11.7. The zero-order chi connectivity index (χ0) is 13.7. The van der Waals surface area contributed by atoms with E-state index < -0.39 is 0 Å². The van der Waals surface area contributed by atoms with Crippen molar-refractivity contribution in [2.75, 3.05) is 5.32 Å². The molecule has 5 nitrogen and oxygen atoms in total. The Morgan fingerprint density at radius 1 is 1.42 bits per heavy atom. The van der Waals surface area contributed by atoms with E-state index in [1.54, 1.807) is 10.9 Å². The van der Waals surface area contributed by atoms with Gasteiger partial charge in [-0.3, -0.25) is 0 Å². The molecule has 2 aromatic rings. The Balaban J connectivity index is 2.05. The Kier molecular flexibility index (Phi) is 4.18. The topological polar surface area (TPSA) is 59.0 Å². The highest BCUT2D eigenvalue weighted by Gasteiger charge is 2.06. The summed E-state index contributed by atoms with van der Waals surface area (Å²) in [6.07, 6.45) is 4.48. The van der Waals surface area contributed by atoms with E-state index in [0.29, 0.717) is 0 Å². The molecule has 1 heterocycles. The van der Waals surface area contributed by atoms with Crippen molar-refractivity contribution in [3.63, 3.8) is 0 Å². The van der Waals surface area contributed by atoms with E-state index in [-0.39, 0.29) is 12.1 Å². The molecule has 0 fully saturated rings. The van der Waals surface area contributed by atoms with Crippen LogP contribution >= 0.6 is 0 Å². The van der Waals surface area contributed by atoms with Crippen molar-refractivity contribution in [3.8, 4) is 5.69 Å². The quantitative estimate of drug-likeness (QED) is 0.886. The van der Waals surface area contributed by atoms with Crippen LogP contribution < -0.4 is 10.6 Å². The number of nitrogens with zero attached hydrogens (tertiary/aromatic N) is 2. The van der Waals surface area contributed by atoms with E-state index in [9.17, 15) is 4.79 Å². The summed E-state index contributed by atoms with van der Waals surface area (Å²) < 4.78 is 1.75. The molecule has 2 N–H and O–H groups in total. The van der Waals surface area contributed by atoms with Crippen LogP contribution in [-0.2, 0) is 0 Å². The van der Waals surface area contributed by atoms with Crippen molar-refractivity contribution in [1.29, 1.82) is 0 Å². The molecule has 0 saturated heterocycles. The van der Waals surface area contributed by atoms with Gasteiger partial charge in [0, 0.05) is 24.1 Å². The van der Waals surface area contributed by atoms with Crippen LogP contribution in [-0.4, -0.2) is 21.9 Å². The number of benzene rings is 1. The van der Waals surface area contributed by atoms with Crippen LogP contribution in [0.3, 0.4) is 0 Å². The van der Waals surface area contributed by atoms with Crippen LogP contribution in [0.1, 0.15) is 20.3 Å². The van der Waals surface area contributed by atoms with E-state index in [1.165, 1.54) is 0 Å². The van der Waals surface area contributed by atoms with E-state index >= 15 is 0 Å². The summed E-state index contributed by atoms with van der Waals surface area (Å²) >= 11 is 0. The van der Waals surface area contributed by atoms with Gasteiger partial charge in [-0.1, -0.05) is 13.0 Å². The number of carbonyl (C=O) groups excluding carboxylic acids is 1.